The molecule has 0 fully saturated rings. The average molecular weight is 296 g/mol. The maximum absolute atomic E-state index is 13.1. The number of halogens is 1. The molecule has 0 aliphatic carbocycles. The van der Waals surface area contributed by atoms with Gasteiger partial charge in [0.05, 0.1) is 18.5 Å². The van der Waals surface area contributed by atoms with E-state index in [1.54, 1.807) is 19.2 Å². The fourth-order valence-corrected chi connectivity index (χ4v) is 2.53. The summed E-state index contributed by atoms with van der Waals surface area (Å²) in [7, 11) is 1.61. The molecule has 0 saturated heterocycles. The van der Waals surface area contributed by atoms with E-state index >= 15 is 0 Å². The van der Waals surface area contributed by atoms with Gasteiger partial charge >= 0.3 is 0 Å². The van der Waals surface area contributed by atoms with Crippen LogP contribution in [0.2, 0.25) is 0 Å². The fraction of sp³-hybridized carbons (Fsp3) is 0.167. The zero-order valence-electron chi connectivity index (χ0n) is 12.4. The highest BCUT2D eigenvalue weighted by atomic mass is 19.1. The van der Waals surface area contributed by atoms with Gasteiger partial charge in [0.1, 0.15) is 17.6 Å². The number of ether oxygens (including phenoxy) is 1. The van der Waals surface area contributed by atoms with Gasteiger partial charge in [0, 0.05) is 6.42 Å². The Kier molecular flexibility index (Phi) is 3.92. The van der Waals surface area contributed by atoms with Gasteiger partial charge < -0.3 is 4.74 Å². The van der Waals surface area contributed by atoms with Crippen LogP contribution < -0.4 is 5.01 Å². The van der Waals surface area contributed by atoms with Crippen molar-refractivity contribution in [1.29, 1.82) is 0 Å². The highest BCUT2D eigenvalue weighted by Crippen LogP contribution is 2.30. The zero-order chi connectivity index (χ0) is 15.5. The lowest BCUT2D eigenvalue weighted by Gasteiger charge is -2.24. The molecule has 1 aliphatic heterocycles. The van der Waals surface area contributed by atoms with Gasteiger partial charge in [-0.2, -0.15) is 5.10 Å². The molecule has 0 bridgehead atoms. The van der Waals surface area contributed by atoms with Crippen LogP contribution in [0.1, 0.15) is 12.0 Å². The van der Waals surface area contributed by atoms with Crippen LogP contribution >= 0.6 is 0 Å². The molecule has 112 valence electrons. The molecule has 22 heavy (non-hydrogen) atoms. The number of anilines is 1. The van der Waals surface area contributed by atoms with E-state index in [4.69, 9.17) is 9.84 Å². The third-order valence-electron chi connectivity index (χ3n) is 3.74. The van der Waals surface area contributed by atoms with Crippen molar-refractivity contribution in [2.45, 2.75) is 12.5 Å². The first-order valence-electron chi connectivity index (χ1n) is 7.09. The average Bonchev–Trinajstić information content (AvgIpc) is 3.01. The number of hydrazone groups is 1. The molecule has 0 saturated carbocycles. The summed E-state index contributed by atoms with van der Waals surface area (Å²) in [5.41, 5.74) is 2.78. The Hall–Kier alpha value is -2.62. The predicted octanol–water partition coefficient (Wildman–Crippen LogP) is 3.97. The summed E-state index contributed by atoms with van der Waals surface area (Å²) in [6.07, 6.45) is 0.674. The molecule has 1 atom stereocenters. The Bertz CT molecular complexity index is 695. The van der Waals surface area contributed by atoms with Gasteiger partial charge in [-0.3, -0.25) is 5.01 Å². The topological polar surface area (TPSA) is 24.8 Å². The normalized spacial score (nSPS) is 17.3. The monoisotopic (exact) mass is 296 g/mol. The van der Waals surface area contributed by atoms with Crippen molar-refractivity contribution in [1.82, 2.24) is 0 Å². The number of hydrogen-bond donors (Lipinski definition) is 0. The summed E-state index contributed by atoms with van der Waals surface area (Å²) in [4.78, 5) is 0. The molecule has 0 aromatic heterocycles. The van der Waals surface area contributed by atoms with Crippen LogP contribution in [-0.4, -0.2) is 18.9 Å². The van der Waals surface area contributed by atoms with Gasteiger partial charge in [0.15, 0.2) is 0 Å². The third kappa shape index (κ3) is 2.72. The quantitative estimate of drug-likeness (QED) is 0.798. The van der Waals surface area contributed by atoms with Gasteiger partial charge in [-0.1, -0.05) is 36.9 Å². The van der Waals surface area contributed by atoms with Gasteiger partial charge in [-0.25, -0.2) is 4.39 Å². The van der Waals surface area contributed by atoms with Crippen molar-refractivity contribution >= 4 is 11.4 Å². The minimum Gasteiger partial charge on any atom is -0.499 e. The van der Waals surface area contributed by atoms with Crippen molar-refractivity contribution in [3.8, 4) is 0 Å². The number of rotatable bonds is 4. The number of methoxy groups -OCH3 is 1. The van der Waals surface area contributed by atoms with E-state index in [0.717, 1.165) is 17.0 Å². The molecule has 3 rings (SSSR count). The summed E-state index contributed by atoms with van der Waals surface area (Å²) in [6, 6.07) is 16.2. The van der Waals surface area contributed by atoms with Gasteiger partial charge in [-0.05, 0) is 29.8 Å². The van der Waals surface area contributed by atoms with Crippen molar-refractivity contribution in [3.05, 3.63) is 78.3 Å². The Morgan fingerprint density at radius 1 is 1.18 bits per heavy atom. The maximum Gasteiger partial charge on any atom is 0.123 e. The van der Waals surface area contributed by atoms with Crippen molar-refractivity contribution in [2.24, 2.45) is 5.10 Å². The zero-order valence-corrected chi connectivity index (χ0v) is 12.4. The van der Waals surface area contributed by atoms with Crippen LogP contribution in [0.3, 0.4) is 0 Å². The Balaban J connectivity index is 1.96. The number of hydrogen-bond acceptors (Lipinski definition) is 3. The first kappa shape index (κ1) is 14.3. The van der Waals surface area contributed by atoms with Gasteiger partial charge in [-0.15, -0.1) is 0 Å². The maximum atomic E-state index is 13.1. The van der Waals surface area contributed by atoms with E-state index in [2.05, 4.69) is 6.58 Å². The highest BCUT2D eigenvalue weighted by molar-refractivity contribution is 6.03. The Labute approximate surface area is 129 Å². The van der Waals surface area contributed by atoms with E-state index in [1.165, 1.54) is 12.1 Å². The molecule has 1 aliphatic rings. The second-order valence-corrected chi connectivity index (χ2v) is 5.12. The van der Waals surface area contributed by atoms with Crippen molar-refractivity contribution in [2.75, 3.05) is 12.1 Å². The van der Waals surface area contributed by atoms with Crippen LogP contribution in [0.25, 0.3) is 0 Å². The minimum absolute atomic E-state index is 0.0625. The summed E-state index contributed by atoms with van der Waals surface area (Å²) >= 11 is 0. The highest BCUT2D eigenvalue weighted by Gasteiger charge is 2.31. The molecular weight excluding hydrogens is 279 g/mol. The predicted molar refractivity (Wildman–Crippen MR) is 86.4 cm³/mol. The summed E-state index contributed by atoms with van der Waals surface area (Å²) < 4.78 is 18.4. The first-order valence-corrected chi connectivity index (χ1v) is 7.09. The van der Waals surface area contributed by atoms with E-state index < -0.39 is 0 Å². The number of nitrogens with zero attached hydrogens (tertiary/aromatic N) is 2. The van der Waals surface area contributed by atoms with Crippen LogP contribution in [0.5, 0.6) is 0 Å². The Morgan fingerprint density at radius 3 is 2.50 bits per heavy atom. The standard InChI is InChI=1S/C18H17FN2O/c1-13(22-2)18-12-17(14-8-10-15(19)11-9-14)20-21(18)16-6-4-3-5-7-16/h3-11,18H,1,12H2,2H3/t18-/m0/s1. The largest absolute Gasteiger partial charge is 0.499 e. The van der Waals surface area contributed by atoms with Gasteiger partial charge in [0.2, 0.25) is 0 Å². The lowest BCUT2D eigenvalue weighted by atomic mass is 10.0. The second-order valence-electron chi connectivity index (χ2n) is 5.12. The molecule has 0 spiro atoms. The minimum atomic E-state index is -0.250. The summed E-state index contributed by atoms with van der Waals surface area (Å²) in [6.45, 7) is 3.98. The van der Waals surface area contributed by atoms with E-state index in [0.29, 0.717) is 12.2 Å². The fourth-order valence-electron chi connectivity index (χ4n) is 2.53. The summed E-state index contributed by atoms with van der Waals surface area (Å²) in [5, 5.41) is 6.60. The molecule has 2 aromatic carbocycles. The number of benzene rings is 2. The molecule has 0 amide bonds. The Morgan fingerprint density at radius 2 is 1.86 bits per heavy atom. The second kappa shape index (κ2) is 6.02. The molecule has 0 N–H and O–H groups in total. The van der Waals surface area contributed by atoms with E-state index in [1.807, 2.05) is 35.3 Å². The van der Waals surface area contributed by atoms with Crippen molar-refractivity contribution in [3.63, 3.8) is 0 Å². The third-order valence-corrected chi connectivity index (χ3v) is 3.74. The lowest BCUT2D eigenvalue weighted by molar-refractivity contribution is 0.267. The van der Waals surface area contributed by atoms with Crippen LogP contribution in [-0.2, 0) is 4.74 Å². The molecule has 2 aromatic rings. The molecule has 3 nitrogen and oxygen atoms in total. The first-order chi connectivity index (χ1) is 10.7. The molecular formula is C18H17FN2O. The van der Waals surface area contributed by atoms with Crippen LogP contribution in [0.4, 0.5) is 10.1 Å². The van der Waals surface area contributed by atoms with Gasteiger partial charge in [0.25, 0.3) is 0 Å². The van der Waals surface area contributed by atoms with Crippen LogP contribution in [0, 0.1) is 5.82 Å². The van der Waals surface area contributed by atoms with Crippen LogP contribution in [0.15, 0.2) is 72.0 Å². The molecule has 4 heteroatoms. The lowest BCUT2D eigenvalue weighted by Crippen LogP contribution is -2.28. The summed E-state index contributed by atoms with van der Waals surface area (Å²) in [5.74, 6) is 0.407. The smallest absolute Gasteiger partial charge is 0.123 e. The van der Waals surface area contributed by atoms with Crippen molar-refractivity contribution < 1.29 is 9.13 Å². The molecule has 0 unspecified atom stereocenters. The SMILES string of the molecule is C=C(OC)[C@@H]1CC(c2ccc(F)cc2)=NN1c1ccccc1. The molecule has 0 radical (unpaired) electrons. The van der Waals surface area contributed by atoms with E-state index in [9.17, 15) is 4.39 Å². The van der Waals surface area contributed by atoms with E-state index in [-0.39, 0.29) is 11.9 Å². The number of para-hydroxylation sites is 1. The molecule has 1 heterocycles.